The van der Waals surface area contributed by atoms with Crippen LogP contribution in [0.3, 0.4) is 0 Å². The van der Waals surface area contributed by atoms with Crippen molar-refractivity contribution < 1.29 is 18.3 Å². The van der Waals surface area contributed by atoms with E-state index in [-0.39, 0.29) is 4.90 Å². The Kier molecular flexibility index (Phi) is 4.06. The zero-order valence-corrected chi connectivity index (χ0v) is 10.7. The summed E-state index contributed by atoms with van der Waals surface area (Å²) in [6, 6.07) is 5.78. The lowest BCUT2D eigenvalue weighted by atomic mass is 10.4. The van der Waals surface area contributed by atoms with Crippen LogP contribution in [-0.2, 0) is 14.8 Å². The van der Waals surface area contributed by atoms with Gasteiger partial charge in [-0.2, -0.15) is 0 Å². The van der Waals surface area contributed by atoms with Crippen molar-refractivity contribution in [3.63, 3.8) is 0 Å². The maximum absolute atomic E-state index is 11.6. The molecule has 0 heterocycles. The summed E-state index contributed by atoms with van der Waals surface area (Å²) in [4.78, 5) is 11.0. The minimum absolute atomic E-state index is 0.0373. The largest absolute Gasteiger partial charge is 0.384 e. The number of benzene rings is 1. The zero-order valence-electron chi connectivity index (χ0n) is 8.34. The molecule has 0 aliphatic heterocycles. The minimum atomic E-state index is -3.90. The summed E-state index contributed by atoms with van der Waals surface area (Å²) in [6.07, 6.45) is -1.37. The number of sulfonamides is 1. The molecule has 1 rings (SSSR count). The van der Waals surface area contributed by atoms with Gasteiger partial charge >= 0.3 is 0 Å². The molecule has 0 saturated carbocycles. The van der Waals surface area contributed by atoms with Crippen molar-refractivity contribution in [2.24, 2.45) is 0 Å². The van der Waals surface area contributed by atoms with Gasteiger partial charge in [-0.1, -0.05) is 15.9 Å². The summed E-state index contributed by atoms with van der Waals surface area (Å²) >= 11 is 3.16. The number of amides is 1. The number of halogens is 1. The first-order chi connectivity index (χ1) is 7.33. The van der Waals surface area contributed by atoms with Crippen LogP contribution in [0.15, 0.2) is 33.6 Å². The average molecular weight is 308 g/mol. The molecule has 16 heavy (non-hydrogen) atoms. The second-order valence-electron chi connectivity index (χ2n) is 3.10. The van der Waals surface area contributed by atoms with Gasteiger partial charge < -0.3 is 5.11 Å². The molecule has 7 heteroatoms. The Balaban J connectivity index is 2.95. The van der Waals surface area contributed by atoms with Crippen molar-refractivity contribution in [2.45, 2.75) is 17.9 Å². The van der Waals surface area contributed by atoms with Gasteiger partial charge in [0.05, 0.1) is 4.90 Å². The molecule has 0 aromatic heterocycles. The quantitative estimate of drug-likeness (QED) is 0.858. The summed E-state index contributed by atoms with van der Waals surface area (Å²) in [5, 5.41) is 8.89. The van der Waals surface area contributed by atoms with E-state index in [9.17, 15) is 13.2 Å². The van der Waals surface area contributed by atoms with E-state index in [2.05, 4.69) is 15.9 Å². The third-order valence-electron chi connectivity index (χ3n) is 1.74. The second kappa shape index (κ2) is 4.94. The molecular formula is C9H10BrNO4S. The second-order valence-corrected chi connectivity index (χ2v) is 5.70. The molecule has 1 unspecified atom stereocenters. The first-order valence-corrected chi connectivity index (χ1v) is 6.61. The first kappa shape index (κ1) is 13.1. The number of carbonyl (C=O) groups excluding carboxylic acids is 1. The third kappa shape index (κ3) is 3.29. The van der Waals surface area contributed by atoms with E-state index in [1.807, 2.05) is 0 Å². The van der Waals surface area contributed by atoms with Crippen molar-refractivity contribution in [3.05, 3.63) is 28.7 Å². The summed E-state index contributed by atoms with van der Waals surface area (Å²) in [5.41, 5.74) is 0. The van der Waals surface area contributed by atoms with Gasteiger partial charge in [-0.3, -0.25) is 4.79 Å². The highest BCUT2D eigenvalue weighted by atomic mass is 79.9. The van der Waals surface area contributed by atoms with Crippen LogP contribution in [0, 0.1) is 0 Å². The number of carbonyl (C=O) groups is 1. The molecule has 0 radical (unpaired) electrons. The van der Waals surface area contributed by atoms with Crippen molar-refractivity contribution in [2.75, 3.05) is 0 Å². The number of nitrogens with one attached hydrogen (secondary N) is 1. The molecule has 1 aromatic carbocycles. The van der Waals surface area contributed by atoms with Gasteiger partial charge in [0.2, 0.25) is 0 Å². The van der Waals surface area contributed by atoms with Gasteiger partial charge in [-0.25, -0.2) is 13.1 Å². The maximum atomic E-state index is 11.6. The highest BCUT2D eigenvalue weighted by Crippen LogP contribution is 2.14. The summed E-state index contributed by atoms with van der Waals surface area (Å²) in [5.74, 6) is -0.956. The Morgan fingerprint density at radius 2 is 1.88 bits per heavy atom. The number of rotatable bonds is 3. The molecule has 5 nitrogen and oxygen atoms in total. The van der Waals surface area contributed by atoms with Crippen LogP contribution in [0.1, 0.15) is 6.92 Å². The highest BCUT2D eigenvalue weighted by Gasteiger charge is 2.19. The van der Waals surface area contributed by atoms with Crippen LogP contribution in [-0.4, -0.2) is 25.5 Å². The van der Waals surface area contributed by atoms with Crippen LogP contribution in [0.4, 0.5) is 0 Å². The standard InChI is InChI=1S/C9H10BrNO4S/c1-6(12)9(13)11-16(14,15)8-4-2-7(10)3-5-8/h2-6,12H,1H3,(H,11,13). The Morgan fingerprint density at radius 1 is 1.38 bits per heavy atom. The molecule has 2 N–H and O–H groups in total. The van der Waals surface area contributed by atoms with Crippen molar-refractivity contribution in [3.8, 4) is 0 Å². The van der Waals surface area contributed by atoms with Gasteiger partial charge in [0.1, 0.15) is 6.10 Å². The Hall–Kier alpha value is -0.920. The summed E-state index contributed by atoms with van der Waals surface area (Å²) in [7, 11) is -3.90. The van der Waals surface area contributed by atoms with Gasteiger partial charge in [-0.05, 0) is 31.2 Å². The van der Waals surface area contributed by atoms with Crippen LogP contribution >= 0.6 is 15.9 Å². The fourth-order valence-electron chi connectivity index (χ4n) is 0.890. The first-order valence-electron chi connectivity index (χ1n) is 4.33. The van der Waals surface area contributed by atoms with E-state index in [1.165, 1.54) is 19.1 Å². The third-order valence-corrected chi connectivity index (χ3v) is 3.63. The molecule has 0 saturated heterocycles. The summed E-state index contributed by atoms with van der Waals surface area (Å²) < 4.78 is 25.7. The van der Waals surface area contributed by atoms with E-state index >= 15 is 0 Å². The number of hydrogen-bond donors (Lipinski definition) is 2. The Labute approximate surface area is 102 Å². The molecule has 0 fully saturated rings. The van der Waals surface area contributed by atoms with Crippen LogP contribution in [0.2, 0.25) is 0 Å². The molecule has 0 bridgehead atoms. The average Bonchev–Trinajstić information content (AvgIpc) is 2.17. The smallest absolute Gasteiger partial charge is 0.264 e. The van der Waals surface area contributed by atoms with E-state index in [4.69, 9.17) is 5.11 Å². The molecule has 0 spiro atoms. The van der Waals surface area contributed by atoms with E-state index < -0.39 is 22.0 Å². The fourth-order valence-corrected chi connectivity index (χ4v) is 2.20. The molecule has 0 aliphatic carbocycles. The van der Waals surface area contributed by atoms with Crippen molar-refractivity contribution >= 4 is 31.9 Å². The monoisotopic (exact) mass is 307 g/mol. The van der Waals surface area contributed by atoms with Crippen molar-refractivity contribution in [1.82, 2.24) is 4.72 Å². The lowest BCUT2D eigenvalue weighted by Crippen LogP contribution is -2.37. The van der Waals surface area contributed by atoms with Crippen LogP contribution in [0.25, 0.3) is 0 Å². The highest BCUT2D eigenvalue weighted by molar-refractivity contribution is 9.10. The zero-order chi connectivity index (χ0) is 12.3. The Bertz CT molecular complexity index is 481. The number of aliphatic hydroxyl groups is 1. The molecule has 1 aromatic rings. The van der Waals surface area contributed by atoms with Gasteiger partial charge in [-0.15, -0.1) is 0 Å². The SMILES string of the molecule is CC(O)C(=O)NS(=O)(=O)c1ccc(Br)cc1. The lowest BCUT2D eigenvalue weighted by Gasteiger charge is -2.08. The number of hydrogen-bond acceptors (Lipinski definition) is 4. The molecular weight excluding hydrogens is 298 g/mol. The normalized spacial score (nSPS) is 13.2. The molecule has 1 atom stereocenters. The maximum Gasteiger partial charge on any atom is 0.264 e. The predicted octanol–water partition coefficient (Wildman–Crippen LogP) is 0.635. The topological polar surface area (TPSA) is 83.5 Å². The Morgan fingerprint density at radius 3 is 2.31 bits per heavy atom. The minimum Gasteiger partial charge on any atom is -0.384 e. The predicted molar refractivity (Wildman–Crippen MR) is 61.2 cm³/mol. The summed E-state index contributed by atoms with van der Waals surface area (Å²) in [6.45, 7) is 1.19. The molecule has 1 amide bonds. The van der Waals surface area contributed by atoms with Gasteiger partial charge in [0, 0.05) is 4.47 Å². The van der Waals surface area contributed by atoms with Crippen LogP contribution < -0.4 is 4.72 Å². The molecule has 0 aliphatic rings. The molecule has 88 valence electrons. The fraction of sp³-hybridized carbons (Fsp3) is 0.222. The van der Waals surface area contributed by atoms with E-state index in [1.54, 1.807) is 16.9 Å². The van der Waals surface area contributed by atoms with Crippen molar-refractivity contribution in [1.29, 1.82) is 0 Å². The lowest BCUT2D eigenvalue weighted by molar-refractivity contribution is -0.126. The number of aliphatic hydroxyl groups excluding tert-OH is 1. The van der Waals surface area contributed by atoms with Gasteiger partial charge in [0.25, 0.3) is 15.9 Å². The van der Waals surface area contributed by atoms with Gasteiger partial charge in [0.15, 0.2) is 0 Å². The van der Waals surface area contributed by atoms with E-state index in [0.29, 0.717) is 0 Å². The van der Waals surface area contributed by atoms with E-state index in [0.717, 1.165) is 4.47 Å². The van der Waals surface area contributed by atoms with Crippen LogP contribution in [0.5, 0.6) is 0 Å².